The molecule has 2 rings (SSSR count). The Bertz CT molecular complexity index is 217. The zero-order valence-electron chi connectivity index (χ0n) is 11.4. The molecule has 0 aromatic heterocycles. The molecule has 1 nitrogen and oxygen atoms in total. The number of hydrogen-bond donors (Lipinski definition) is 1. The molecule has 0 bridgehead atoms. The lowest BCUT2D eigenvalue weighted by Crippen LogP contribution is -2.51. The minimum Gasteiger partial charge on any atom is -0.316 e. The van der Waals surface area contributed by atoms with E-state index < -0.39 is 0 Å². The van der Waals surface area contributed by atoms with Gasteiger partial charge in [-0.1, -0.05) is 40.0 Å². The molecule has 1 spiro atoms. The third kappa shape index (κ3) is 2.03. The van der Waals surface area contributed by atoms with Crippen LogP contribution in [0.4, 0.5) is 0 Å². The molecule has 16 heavy (non-hydrogen) atoms. The lowest BCUT2D eigenvalue weighted by atomic mass is 9.54. The summed E-state index contributed by atoms with van der Waals surface area (Å²) in [6.07, 6.45) is 8.78. The zero-order valence-corrected chi connectivity index (χ0v) is 11.4. The molecule has 0 aromatic carbocycles. The van der Waals surface area contributed by atoms with Crippen LogP contribution in [0.15, 0.2) is 0 Å². The standard InChI is InChI=1S/C15H29N/c1-4-13-11-16-10-9-15(13)8-6-5-7-14(15)12(2)3/h12-14,16H,4-11H2,1-3H3. The monoisotopic (exact) mass is 223 g/mol. The Morgan fingerprint density at radius 1 is 1.25 bits per heavy atom. The molecule has 1 N–H and O–H groups in total. The summed E-state index contributed by atoms with van der Waals surface area (Å²) in [6, 6.07) is 0. The number of piperidine rings is 1. The van der Waals surface area contributed by atoms with Crippen LogP contribution in [-0.4, -0.2) is 13.1 Å². The summed E-state index contributed by atoms with van der Waals surface area (Å²) >= 11 is 0. The van der Waals surface area contributed by atoms with E-state index in [1.807, 2.05) is 0 Å². The van der Waals surface area contributed by atoms with Gasteiger partial charge in [0.1, 0.15) is 0 Å². The predicted molar refractivity (Wildman–Crippen MR) is 70.5 cm³/mol. The molecule has 0 amide bonds. The Hall–Kier alpha value is -0.0400. The van der Waals surface area contributed by atoms with Crippen molar-refractivity contribution in [2.75, 3.05) is 13.1 Å². The van der Waals surface area contributed by atoms with Crippen molar-refractivity contribution in [2.24, 2.45) is 23.2 Å². The van der Waals surface area contributed by atoms with Gasteiger partial charge in [0.25, 0.3) is 0 Å². The van der Waals surface area contributed by atoms with E-state index in [1.165, 1.54) is 51.6 Å². The summed E-state index contributed by atoms with van der Waals surface area (Å²) in [4.78, 5) is 0. The van der Waals surface area contributed by atoms with Crippen molar-refractivity contribution >= 4 is 0 Å². The first-order valence-electron chi connectivity index (χ1n) is 7.41. The largest absolute Gasteiger partial charge is 0.316 e. The van der Waals surface area contributed by atoms with Gasteiger partial charge in [-0.05, 0) is 55.5 Å². The normalized spacial score (nSPS) is 40.5. The number of hydrogen-bond acceptors (Lipinski definition) is 1. The Morgan fingerprint density at radius 2 is 2.06 bits per heavy atom. The fraction of sp³-hybridized carbons (Fsp3) is 1.00. The van der Waals surface area contributed by atoms with Gasteiger partial charge in [0, 0.05) is 0 Å². The van der Waals surface area contributed by atoms with E-state index in [0.717, 1.165) is 17.8 Å². The fourth-order valence-corrected chi connectivity index (χ4v) is 4.66. The predicted octanol–water partition coefficient (Wildman–Crippen LogP) is 3.84. The first kappa shape index (κ1) is 12.4. The van der Waals surface area contributed by atoms with E-state index in [9.17, 15) is 0 Å². The van der Waals surface area contributed by atoms with Crippen molar-refractivity contribution in [3.05, 3.63) is 0 Å². The van der Waals surface area contributed by atoms with Crippen molar-refractivity contribution in [3.8, 4) is 0 Å². The van der Waals surface area contributed by atoms with Crippen LogP contribution in [0.3, 0.4) is 0 Å². The average Bonchev–Trinajstić information content (AvgIpc) is 2.30. The smallest absolute Gasteiger partial charge is 0.00152 e. The first-order valence-corrected chi connectivity index (χ1v) is 7.41. The van der Waals surface area contributed by atoms with Gasteiger partial charge in [0.2, 0.25) is 0 Å². The van der Waals surface area contributed by atoms with Crippen molar-refractivity contribution in [3.63, 3.8) is 0 Å². The highest BCUT2D eigenvalue weighted by atomic mass is 14.9. The third-order valence-corrected chi connectivity index (χ3v) is 5.41. The maximum atomic E-state index is 3.62. The molecule has 1 aliphatic carbocycles. The molecule has 1 heterocycles. The zero-order chi connectivity index (χ0) is 11.6. The fourth-order valence-electron chi connectivity index (χ4n) is 4.66. The van der Waals surface area contributed by atoms with E-state index in [2.05, 4.69) is 26.1 Å². The van der Waals surface area contributed by atoms with Crippen LogP contribution in [0, 0.1) is 23.2 Å². The number of rotatable bonds is 2. The molecule has 2 fully saturated rings. The van der Waals surface area contributed by atoms with Crippen molar-refractivity contribution in [1.29, 1.82) is 0 Å². The van der Waals surface area contributed by atoms with E-state index in [-0.39, 0.29) is 0 Å². The van der Waals surface area contributed by atoms with Crippen LogP contribution in [-0.2, 0) is 0 Å². The second kappa shape index (κ2) is 5.08. The summed E-state index contributed by atoms with van der Waals surface area (Å²) in [5.74, 6) is 2.81. The molecule has 94 valence electrons. The molecule has 1 saturated heterocycles. The highest BCUT2D eigenvalue weighted by Crippen LogP contribution is 2.53. The van der Waals surface area contributed by atoms with Gasteiger partial charge in [-0.15, -0.1) is 0 Å². The SMILES string of the molecule is CCC1CNCCC12CCCCC2C(C)C. The quantitative estimate of drug-likeness (QED) is 0.750. The highest BCUT2D eigenvalue weighted by Gasteiger charge is 2.47. The molecule has 3 unspecified atom stereocenters. The lowest BCUT2D eigenvalue weighted by Gasteiger charge is -2.53. The van der Waals surface area contributed by atoms with Crippen molar-refractivity contribution < 1.29 is 0 Å². The Labute approximate surface area is 101 Å². The molecule has 1 saturated carbocycles. The van der Waals surface area contributed by atoms with Crippen LogP contribution < -0.4 is 5.32 Å². The average molecular weight is 223 g/mol. The van der Waals surface area contributed by atoms with Crippen molar-refractivity contribution in [1.82, 2.24) is 5.32 Å². The second-order valence-corrected chi connectivity index (χ2v) is 6.39. The Kier molecular flexibility index (Phi) is 3.94. The van der Waals surface area contributed by atoms with E-state index >= 15 is 0 Å². The molecule has 0 radical (unpaired) electrons. The maximum Gasteiger partial charge on any atom is -0.00152 e. The molecule has 0 aromatic rings. The van der Waals surface area contributed by atoms with Gasteiger partial charge in [-0.2, -0.15) is 0 Å². The van der Waals surface area contributed by atoms with Crippen LogP contribution in [0.2, 0.25) is 0 Å². The summed E-state index contributed by atoms with van der Waals surface area (Å²) in [6.45, 7) is 9.84. The lowest BCUT2D eigenvalue weighted by molar-refractivity contribution is -0.0277. The van der Waals surface area contributed by atoms with E-state index in [0.29, 0.717) is 5.41 Å². The van der Waals surface area contributed by atoms with Gasteiger partial charge in [0.05, 0.1) is 0 Å². The highest BCUT2D eigenvalue weighted by molar-refractivity contribution is 4.98. The van der Waals surface area contributed by atoms with Gasteiger partial charge < -0.3 is 5.32 Å². The second-order valence-electron chi connectivity index (χ2n) is 6.39. The minimum absolute atomic E-state index is 0.701. The van der Waals surface area contributed by atoms with Gasteiger partial charge in [-0.25, -0.2) is 0 Å². The van der Waals surface area contributed by atoms with Gasteiger partial charge >= 0.3 is 0 Å². The first-order chi connectivity index (χ1) is 7.70. The summed E-state index contributed by atoms with van der Waals surface area (Å²) in [5, 5.41) is 3.62. The van der Waals surface area contributed by atoms with Crippen molar-refractivity contribution in [2.45, 2.75) is 59.3 Å². The third-order valence-electron chi connectivity index (χ3n) is 5.41. The Balaban J connectivity index is 2.22. The Morgan fingerprint density at radius 3 is 2.75 bits per heavy atom. The molecular formula is C15H29N. The van der Waals surface area contributed by atoms with Crippen LogP contribution >= 0.6 is 0 Å². The minimum atomic E-state index is 0.701. The van der Waals surface area contributed by atoms with E-state index in [4.69, 9.17) is 0 Å². The molecule has 1 heteroatoms. The summed E-state index contributed by atoms with van der Waals surface area (Å²) in [7, 11) is 0. The summed E-state index contributed by atoms with van der Waals surface area (Å²) < 4.78 is 0. The molecular weight excluding hydrogens is 194 g/mol. The molecule has 3 atom stereocenters. The maximum absolute atomic E-state index is 3.62. The molecule has 1 aliphatic heterocycles. The van der Waals surface area contributed by atoms with Crippen LogP contribution in [0.25, 0.3) is 0 Å². The van der Waals surface area contributed by atoms with E-state index in [1.54, 1.807) is 0 Å². The molecule has 2 aliphatic rings. The topological polar surface area (TPSA) is 12.0 Å². The summed E-state index contributed by atoms with van der Waals surface area (Å²) in [5.41, 5.74) is 0.701. The van der Waals surface area contributed by atoms with Crippen LogP contribution in [0.1, 0.15) is 59.3 Å². The number of nitrogens with one attached hydrogen (secondary N) is 1. The van der Waals surface area contributed by atoms with Gasteiger partial charge in [0.15, 0.2) is 0 Å². The van der Waals surface area contributed by atoms with Crippen LogP contribution in [0.5, 0.6) is 0 Å². The van der Waals surface area contributed by atoms with Gasteiger partial charge in [-0.3, -0.25) is 0 Å².